The van der Waals surface area contributed by atoms with Crippen LogP contribution < -0.4 is 5.32 Å². The molecule has 0 heterocycles. The smallest absolute Gasteiger partial charge is 0.253 e. The molecule has 0 aromatic heterocycles. The number of carbonyl (C=O) groups excluding carboxylic acids is 2. The molecule has 4 nitrogen and oxygen atoms in total. The first-order valence-electron chi connectivity index (χ1n) is 8.85. The predicted molar refractivity (Wildman–Crippen MR) is 106 cm³/mol. The molecule has 27 heavy (non-hydrogen) atoms. The van der Waals surface area contributed by atoms with E-state index >= 15 is 0 Å². The average Bonchev–Trinajstić information content (AvgIpc) is 2.73. The van der Waals surface area contributed by atoms with E-state index < -0.39 is 0 Å². The number of rotatable bonds is 6. The van der Waals surface area contributed by atoms with Crippen molar-refractivity contribution in [1.82, 2.24) is 10.2 Å². The maximum Gasteiger partial charge on any atom is 0.253 e. The summed E-state index contributed by atoms with van der Waals surface area (Å²) in [6.07, 6.45) is 0. The molecule has 0 atom stereocenters. The second-order valence-corrected chi connectivity index (χ2v) is 6.39. The number of nitrogens with one attached hydrogen (secondary N) is 1. The summed E-state index contributed by atoms with van der Waals surface area (Å²) in [5.74, 6) is -0.142. The highest BCUT2D eigenvalue weighted by atomic mass is 16.2. The minimum Gasteiger partial charge on any atom is -0.348 e. The van der Waals surface area contributed by atoms with Crippen LogP contribution in [0.2, 0.25) is 0 Å². The van der Waals surface area contributed by atoms with Crippen molar-refractivity contribution in [2.75, 3.05) is 7.05 Å². The van der Waals surface area contributed by atoms with Gasteiger partial charge in [0.25, 0.3) is 11.8 Å². The van der Waals surface area contributed by atoms with Crippen LogP contribution in [0.3, 0.4) is 0 Å². The van der Waals surface area contributed by atoms with Crippen LogP contribution in [-0.2, 0) is 13.1 Å². The standard InChI is InChI=1S/C23H22N2O2/c1-25(17-19-8-4-2-5-9-19)23(27)21-14-12-18(13-15-21)16-24-22(26)20-10-6-3-7-11-20/h2-15H,16-17H2,1H3,(H,24,26). The SMILES string of the molecule is CN(Cc1ccccc1)C(=O)c1ccc(CNC(=O)c2ccccc2)cc1. The summed E-state index contributed by atoms with van der Waals surface area (Å²) in [7, 11) is 1.79. The fourth-order valence-corrected chi connectivity index (χ4v) is 2.79. The number of nitrogens with zero attached hydrogens (tertiary/aromatic N) is 1. The van der Waals surface area contributed by atoms with E-state index in [-0.39, 0.29) is 11.8 Å². The van der Waals surface area contributed by atoms with E-state index in [0.29, 0.717) is 24.2 Å². The van der Waals surface area contributed by atoms with Gasteiger partial charge in [-0.2, -0.15) is 0 Å². The lowest BCUT2D eigenvalue weighted by molar-refractivity contribution is 0.0784. The highest BCUT2D eigenvalue weighted by molar-refractivity contribution is 5.94. The molecule has 3 aromatic carbocycles. The van der Waals surface area contributed by atoms with Crippen LogP contribution in [0, 0.1) is 0 Å². The summed E-state index contributed by atoms with van der Waals surface area (Å²) < 4.78 is 0. The van der Waals surface area contributed by atoms with Crippen molar-refractivity contribution >= 4 is 11.8 Å². The van der Waals surface area contributed by atoms with Gasteiger partial charge < -0.3 is 10.2 Å². The van der Waals surface area contributed by atoms with Crippen molar-refractivity contribution in [3.8, 4) is 0 Å². The van der Waals surface area contributed by atoms with Crippen molar-refractivity contribution < 1.29 is 9.59 Å². The number of hydrogen-bond acceptors (Lipinski definition) is 2. The van der Waals surface area contributed by atoms with Crippen LogP contribution in [0.5, 0.6) is 0 Å². The van der Waals surface area contributed by atoms with Crippen LogP contribution in [-0.4, -0.2) is 23.8 Å². The summed E-state index contributed by atoms with van der Waals surface area (Å²) in [5.41, 5.74) is 3.30. The molecule has 0 bridgehead atoms. The first kappa shape index (κ1) is 18.4. The summed E-state index contributed by atoms with van der Waals surface area (Å²) in [4.78, 5) is 26.3. The molecule has 0 saturated heterocycles. The third-order valence-corrected chi connectivity index (χ3v) is 4.30. The summed E-state index contributed by atoms with van der Waals surface area (Å²) in [5, 5.41) is 2.89. The molecule has 0 fully saturated rings. The Morgan fingerprint density at radius 2 is 1.33 bits per heavy atom. The van der Waals surface area contributed by atoms with Crippen LogP contribution in [0.25, 0.3) is 0 Å². The second-order valence-electron chi connectivity index (χ2n) is 6.39. The van der Waals surface area contributed by atoms with Crippen molar-refractivity contribution in [1.29, 1.82) is 0 Å². The van der Waals surface area contributed by atoms with Gasteiger partial charge in [0.1, 0.15) is 0 Å². The molecule has 0 saturated carbocycles. The van der Waals surface area contributed by atoms with Crippen LogP contribution in [0.4, 0.5) is 0 Å². The molecule has 0 spiro atoms. The zero-order valence-electron chi connectivity index (χ0n) is 15.3. The number of hydrogen-bond donors (Lipinski definition) is 1. The van der Waals surface area contributed by atoms with Gasteiger partial charge in [0.05, 0.1) is 0 Å². The molecule has 3 rings (SSSR count). The van der Waals surface area contributed by atoms with Crippen molar-refractivity contribution in [2.45, 2.75) is 13.1 Å². The molecular weight excluding hydrogens is 336 g/mol. The minimum atomic E-state index is -0.113. The topological polar surface area (TPSA) is 49.4 Å². The van der Waals surface area contributed by atoms with Gasteiger partial charge in [0.2, 0.25) is 0 Å². The van der Waals surface area contributed by atoms with E-state index in [9.17, 15) is 9.59 Å². The van der Waals surface area contributed by atoms with E-state index in [1.54, 1.807) is 36.2 Å². The van der Waals surface area contributed by atoms with Crippen molar-refractivity contribution in [2.24, 2.45) is 0 Å². The lowest BCUT2D eigenvalue weighted by Crippen LogP contribution is -2.26. The van der Waals surface area contributed by atoms with Crippen molar-refractivity contribution in [3.05, 3.63) is 107 Å². The van der Waals surface area contributed by atoms with Gasteiger partial charge in [0.15, 0.2) is 0 Å². The molecule has 1 N–H and O–H groups in total. The Labute approximate surface area is 159 Å². The average molecular weight is 358 g/mol. The Morgan fingerprint density at radius 3 is 1.96 bits per heavy atom. The first-order chi connectivity index (χ1) is 13.1. The van der Waals surface area contributed by atoms with E-state index in [1.165, 1.54) is 0 Å². The first-order valence-corrected chi connectivity index (χ1v) is 8.85. The minimum absolute atomic E-state index is 0.0290. The summed E-state index contributed by atoms with van der Waals surface area (Å²) in [6.45, 7) is 0.983. The maximum absolute atomic E-state index is 12.6. The van der Waals surface area contributed by atoms with Crippen LogP contribution in [0.1, 0.15) is 31.8 Å². The van der Waals surface area contributed by atoms with E-state index in [4.69, 9.17) is 0 Å². The van der Waals surface area contributed by atoms with Gasteiger partial charge in [-0.05, 0) is 35.4 Å². The van der Waals surface area contributed by atoms with E-state index in [2.05, 4.69) is 5.32 Å². The van der Waals surface area contributed by atoms with Gasteiger partial charge in [-0.15, -0.1) is 0 Å². The Hall–Kier alpha value is -3.40. The second kappa shape index (κ2) is 8.81. The molecule has 136 valence electrons. The molecule has 3 aromatic rings. The number of amides is 2. The summed E-state index contributed by atoms with van der Waals surface area (Å²) in [6, 6.07) is 26.3. The number of carbonyl (C=O) groups is 2. The zero-order valence-corrected chi connectivity index (χ0v) is 15.3. The molecule has 0 radical (unpaired) electrons. The quantitative estimate of drug-likeness (QED) is 0.727. The highest BCUT2D eigenvalue weighted by Gasteiger charge is 2.12. The van der Waals surface area contributed by atoms with Gasteiger partial charge in [-0.25, -0.2) is 0 Å². The monoisotopic (exact) mass is 358 g/mol. The Balaban J connectivity index is 1.56. The van der Waals surface area contributed by atoms with Crippen LogP contribution in [0.15, 0.2) is 84.9 Å². The Morgan fingerprint density at radius 1 is 0.741 bits per heavy atom. The normalized spacial score (nSPS) is 10.3. The zero-order chi connectivity index (χ0) is 19.1. The maximum atomic E-state index is 12.6. The van der Waals surface area contributed by atoms with Gasteiger partial charge in [-0.3, -0.25) is 9.59 Å². The molecule has 2 amide bonds. The van der Waals surface area contributed by atoms with Crippen molar-refractivity contribution in [3.63, 3.8) is 0 Å². The van der Waals surface area contributed by atoms with Gasteiger partial charge in [0, 0.05) is 31.3 Å². The number of benzene rings is 3. The van der Waals surface area contributed by atoms with Gasteiger partial charge in [-0.1, -0.05) is 60.7 Å². The Kier molecular flexibility index (Phi) is 6.00. The molecule has 0 unspecified atom stereocenters. The highest BCUT2D eigenvalue weighted by Crippen LogP contribution is 2.10. The Bertz CT molecular complexity index is 891. The molecular formula is C23H22N2O2. The fourth-order valence-electron chi connectivity index (χ4n) is 2.79. The van der Waals surface area contributed by atoms with E-state index in [1.807, 2.05) is 60.7 Å². The van der Waals surface area contributed by atoms with Crippen LogP contribution >= 0.6 is 0 Å². The lowest BCUT2D eigenvalue weighted by Gasteiger charge is -2.17. The molecule has 0 aliphatic heterocycles. The van der Waals surface area contributed by atoms with E-state index in [0.717, 1.165) is 11.1 Å². The molecule has 0 aliphatic rings. The lowest BCUT2D eigenvalue weighted by atomic mass is 10.1. The fraction of sp³-hybridized carbons (Fsp3) is 0.130. The van der Waals surface area contributed by atoms with Gasteiger partial charge >= 0.3 is 0 Å². The molecule has 0 aliphatic carbocycles. The third kappa shape index (κ3) is 5.05. The largest absolute Gasteiger partial charge is 0.348 e. The predicted octanol–water partition coefficient (Wildman–Crippen LogP) is 3.89. The molecule has 4 heteroatoms. The third-order valence-electron chi connectivity index (χ3n) is 4.30. The summed E-state index contributed by atoms with van der Waals surface area (Å²) >= 11 is 0.